The summed E-state index contributed by atoms with van der Waals surface area (Å²) in [5, 5.41) is 11.6. The molecule has 0 aliphatic rings. The molecular weight excluding hydrogens is 318 g/mol. The highest BCUT2D eigenvalue weighted by atomic mass is 32.1. The van der Waals surface area contributed by atoms with E-state index in [1.165, 1.54) is 6.33 Å². The summed E-state index contributed by atoms with van der Waals surface area (Å²) in [4.78, 5) is 40.4. The minimum atomic E-state index is -0.973. The summed E-state index contributed by atoms with van der Waals surface area (Å²) in [7, 11) is 0. The second-order valence-electron chi connectivity index (χ2n) is 5.23. The molecule has 8 heteroatoms. The van der Waals surface area contributed by atoms with Crippen LogP contribution in [0.3, 0.4) is 0 Å². The largest absolute Gasteiger partial charge is 0.481 e. The Kier molecular flexibility index (Phi) is 5.49. The van der Waals surface area contributed by atoms with Crippen molar-refractivity contribution >= 4 is 33.4 Å². The van der Waals surface area contributed by atoms with Gasteiger partial charge in [0.25, 0.3) is 11.5 Å². The Hall–Kier alpha value is -2.22. The minimum Gasteiger partial charge on any atom is -0.481 e. The third-order valence-corrected chi connectivity index (χ3v) is 4.70. The summed E-state index contributed by atoms with van der Waals surface area (Å²) in [5.74, 6) is -1.34. The number of rotatable bonds is 7. The number of unbranched alkanes of at least 4 members (excludes halogenated alkanes) is 1. The van der Waals surface area contributed by atoms with E-state index in [0.717, 1.165) is 24.2 Å². The van der Waals surface area contributed by atoms with E-state index in [1.54, 1.807) is 11.5 Å². The van der Waals surface area contributed by atoms with E-state index >= 15 is 0 Å². The van der Waals surface area contributed by atoms with Crippen LogP contribution in [0.1, 0.15) is 41.4 Å². The number of amides is 1. The number of aliphatic carboxylic acids is 1. The zero-order valence-corrected chi connectivity index (χ0v) is 13.9. The number of thiophene rings is 1. The van der Waals surface area contributed by atoms with Crippen molar-refractivity contribution in [1.82, 2.24) is 14.9 Å². The van der Waals surface area contributed by atoms with Gasteiger partial charge in [0.05, 0.1) is 23.0 Å². The first-order valence-electron chi connectivity index (χ1n) is 7.44. The van der Waals surface area contributed by atoms with Gasteiger partial charge < -0.3 is 10.4 Å². The number of hydrogen-bond donors (Lipinski definition) is 2. The van der Waals surface area contributed by atoms with Gasteiger partial charge in [-0.25, -0.2) is 4.98 Å². The van der Waals surface area contributed by atoms with E-state index in [2.05, 4.69) is 10.3 Å². The molecule has 2 N–H and O–H groups in total. The second kappa shape index (κ2) is 7.36. The van der Waals surface area contributed by atoms with Crippen molar-refractivity contribution in [2.45, 2.75) is 39.7 Å². The van der Waals surface area contributed by atoms with Crippen molar-refractivity contribution in [2.24, 2.45) is 0 Å². The molecule has 0 aliphatic carbocycles. The summed E-state index contributed by atoms with van der Waals surface area (Å²) in [5.41, 5.74) is 0.461. The van der Waals surface area contributed by atoms with Crippen molar-refractivity contribution in [1.29, 1.82) is 0 Å². The number of aromatic nitrogens is 2. The Morgan fingerprint density at radius 1 is 1.43 bits per heavy atom. The molecule has 0 atom stereocenters. The molecule has 0 aliphatic heterocycles. The van der Waals surface area contributed by atoms with Crippen LogP contribution in [0.4, 0.5) is 0 Å². The molecule has 0 spiro atoms. The van der Waals surface area contributed by atoms with E-state index < -0.39 is 5.97 Å². The quantitative estimate of drug-likeness (QED) is 0.802. The number of nitrogens with one attached hydrogen (secondary N) is 1. The molecule has 1 amide bonds. The topological polar surface area (TPSA) is 101 Å². The predicted octanol–water partition coefficient (Wildman–Crippen LogP) is 1.77. The van der Waals surface area contributed by atoms with Gasteiger partial charge in [-0.15, -0.1) is 11.3 Å². The average Bonchev–Trinajstić information content (AvgIpc) is 2.84. The zero-order valence-electron chi connectivity index (χ0n) is 13.1. The number of carboxylic acids is 1. The van der Waals surface area contributed by atoms with Gasteiger partial charge in [0.2, 0.25) is 0 Å². The summed E-state index contributed by atoms with van der Waals surface area (Å²) in [6, 6.07) is 0. The van der Waals surface area contributed by atoms with E-state index in [4.69, 9.17) is 5.11 Å². The van der Waals surface area contributed by atoms with Crippen LogP contribution < -0.4 is 10.9 Å². The Morgan fingerprint density at radius 3 is 2.83 bits per heavy atom. The van der Waals surface area contributed by atoms with Crippen LogP contribution in [-0.2, 0) is 11.3 Å². The van der Waals surface area contributed by atoms with Crippen molar-refractivity contribution in [3.05, 3.63) is 27.1 Å². The Morgan fingerprint density at radius 2 is 2.17 bits per heavy atom. The second-order valence-corrected chi connectivity index (χ2v) is 6.23. The Bertz CT molecular complexity index is 794. The predicted molar refractivity (Wildman–Crippen MR) is 88.1 cm³/mol. The first-order chi connectivity index (χ1) is 11.0. The smallest absolute Gasteiger partial charge is 0.305 e. The highest BCUT2D eigenvalue weighted by Gasteiger charge is 2.19. The SMILES string of the molecule is CCCCn1cnc2sc(C(=O)NCCC(=O)O)c(C)c2c1=O. The number of aryl methyl sites for hydroxylation is 2. The maximum Gasteiger partial charge on any atom is 0.305 e. The number of hydrogen-bond acceptors (Lipinski definition) is 5. The average molecular weight is 337 g/mol. The number of nitrogens with zero attached hydrogens (tertiary/aromatic N) is 2. The molecule has 2 rings (SSSR count). The van der Waals surface area contributed by atoms with Crippen molar-refractivity contribution in [2.75, 3.05) is 6.54 Å². The first kappa shape index (κ1) is 17.1. The number of carboxylic acid groups (broad SMARTS) is 1. The molecule has 0 fully saturated rings. The van der Waals surface area contributed by atoms with E-state index in [1.807, 2.05) is 6.92 Å². The molecular formula is C15H19N3O4S. The molecule has 2 aromatic heterocycles. The Balaban J connectivity index is 2.31. The fourth-order valence-corrected chi connectivity index (χ4v) is 3.28. The van der Waals surface area contributed by atoms with Gasteiger partial charge in [-0.2, -0.15) is 0 Å². The van der Waals surface area contributed by atoms with Gasteiger partial charge in [0.1, 0.15) is 4.83 Å². The summed E-state index contributed by atoms with van der Waals surface area (Å²) in [6.07, 6.45) is 3.24. The van der Waals surface area contributed by atoms with E-state index in [0.29, 0.717) is 27.2 Å². The standard InChI is InChI=1S/C15H19N3O4S/c1-3-4-7-18-8-17-14-11(15(18)22)9(2)12(23-14)13(21)16-6-5-10(19)20/h8H,3-7H2,1-2H3,(H,16,21)(H,19,20). The normalized spacial score (nSPS) is 10.9. The number of carbonyl (C=O) groups excluding carboxylic acids is 1. The van der Waals surface area contributed by atoms with Crippen LogP contribution in [0.15, 0.2) is 11.1 Å². The molecule has 0 saturated heterocycles. The molecule has 0 bridgehead atoms. The lowest BCUT2D eigenvalue weighted by molar-refractivity contribution is -0.136. The highest BCUT2D eigenvalue weighted by Crippen LogP contribution is 2.26. The lowest BCUT2D eigenvalue weighted by Crippen LogP contribution is -2.26. The molecule has 124 valence electrons. The molecule has 2 aromatic rings. The monoisotopic (exact) mass is 337 g/mol. The lowest BCUT2D eigenvalue weighted by atomic mass is 10.2. The molecule has 2 heterocycles. The molecule has 7 nitrogen and oxygen atoms in total. The summed E-state index contributed by atoms with van der Waals surface area (Å²) in [6.45, 7) is 4.42. The summed E-state index contributed by atoms with van der Waals surface area (Å²) < 4.78 is 1.57. The van der Waals surface area contributed by atoms with Crippen LogP contribution >= 0.6 is 11.3 Å². The highest BCUT2D eigenvalue weighted by molar-refractivity contribution is 7.20. The van der Waals surface area contributed by atoms with Crippen LogP contribution in [0.25, 0.3) is 10.2 Å². The third kappa shape index (κ3) is 3.76. The third-order valence-electron chi connectivity index (χ3n) is 3.50. The van der Waals surface area contributed by atoms with Crippen LogP contribution in [0.5, 0.6) is 0 Å². The minimum absolute atomic E-state index is 0.0516. The summed E-state index contributed by atoms with van der Waals surface area (Å²) >= 11 is 1.15. The fraction of sp³-hybridized carbons (Fsp3) is 0.467. The van der Waals surface area contributed by atoms with Crippen LogP contribution in [-0.4, -0.2) is 33.1 Å². The maximum atomic E-state index is 12.5. The van der Waals surface area contributed by atoms with Crippen LogP contribution in [0, 0.1) is 6.92 Å². The van der Waals surface area contributed by atoms with Gasteiger partial charge in [-0.1, -0.05) is 13.3 Å². The number of carbonyl (C=O) groups is 2. The van der Waals surface area contributed by atoms with Crippen LogP contribution in [0.2, 0.25) is 0 Å². The van der Waals surface area contributed by atoms with Gasteiger partial charge in [0, 0.05) is 13.1 Å². The van der Waals surface area contributed by atoms with Crippen molar-refractivity contribution in [3.8, 4) is 0 Å². The van der Waals surface area contributed by atoms with Gasteiger partial charge in [-0.3, -0.25) is 19.0 Å². The molecule has 23 heavy (non-hydrogen) atoms. The lowest BCUT2D eigenvalue weighted by Gasteiger charge is -2.04. The zero-order chi connectivity index (χ0) is 17.0. The van der Waals surface area contributed by atoms with Gasteiger partial charge in [-0.05, 0) is 18.9 Å². The van der Waals surface area contributed by atoms with E-state index in [-0.39, 0.29) is 24.4 Å². The van der Waals surface area contributed by atoms with Gasteiger partial charge >= 0.3 is 5.97 Å². The maximum absolute atomic E-state index is 12.5. The molecule has 0 saturated carbocycles. The first-order valence-corrected chi connectivity index (χ1v) is 8.25. The fourth-order valence-electron chi connectivity index (χ4n) is 2.23. The van der Waals surface area contributed by atoms with Crippen molar-refractivity contribution in [3.63, 3.8) is 0 Å². The molecule has 0 radical (unpaired) electrons. The van der Waals surface area contributed by atoms with Crippen molar-refractivity contribution < 1.29 is 14.7 Å². The molecule has 0 aromatic carbocycles. The number of fused-ring (bicyclic) bond motifs is 1. The Labute approximate surface area is 137 Å². The van der Waals surface area contributed by atoms with E-state index in [9.17, 15) is 14.4 Å². The molecule has 0 unspecified atom stereocenters. The van der Waals surface area contributed by atoms with Gasteiger partial charge in [0.15, 0.2) is 0 Å².